The molecule has 0 fully saturated rings. The second-order valence-electron chi connectivity index (χ2n) is 7.82. The number of halogens is 3. The minimum absolute atomic E-state index is 0. The first kappa shape index (κ1) is 23.8. The van der Waals surface area contributed by atoms with Crippen LogP contribution in [-0.4, -0.2) is 19.7 Å². The summed E-state index contributed by atoms with van der Waals surface area (Å²) in [5, 5.41) is 10.4. The van der Waals surface area contributed by atoms with Gasteiger partial charge in [0, 0.05) is 57.9 Å². The molecule has 4 aromatic rings. The Morgan fingerprint density at radius 2 is 1.97 bits per heavy atom. The van der Waals surface area contributed by atoms with Crippen LogP contribution in [-0.2, 0) is 19.8 Å². The number of nitrogens with one attached hydrogen (secondary N) is 2. The second-order valence-corrected chi connectivity index (χ2v) is 7.82. The minimum Gasteiger partial charge on any atom is -0.457 e. The third-order valence-corrected chi connectivity index (χ3v) is 5.17. The SMILES string of the molecule is C=C(NCc1ccc(C(F)(F)F)nc1)c1cccc(Oc2ccnc(Nc3cnn(C)c3)c2)c1C.[HH].[HH]. The number of alkyl halides is 3. The molecule has 0 saturated carbocycles. The van der Waals surface area contributed by atoms with Gasteiger partial charge in [-0.15, -0.1) is 0 Å². The molecule has 4 rings (SSSR count). The van der Waals surface area contributed by atoms with Gasteiger partial charge >= 0.3 is 6.18 Å². The first-order valence-corrected chi connectivity index (χ1v) is 10.6. The normalized spacial score (nSPS) is 11.2. The molecule has 1 aromatic carbocycles. The molecule has 0 saturated heterocycles. The Morgan fingerprint density at radius 3 is 2.66 bits per heavy atom. The first-order valence-electron chi connectivity index (χ1n) is 10.6. The van der Waals surface area contributed by atoms with E-state index >= 15 is 0 Å². The van der Waals surface area contributed by atoms with E-state index in [1.807, 2.05) is 38.4 Å². The minimum atomic E-state index is -4.46. The van der Waals surface area contributed by atoms with Crippen LogP contribution in [0.1, 0.15) is 25.2 Å². The molecule has 7 nitrogen and oxygen atoms in total. The average Bonchev–Trinajstić information content (AvgIpc) is 3.23. The highest BCUT2D eigenvalue weighted by Gasteiger charge is 2.31. The van der Waals surface area contributed by atoms with Crippen LogP contribution in [0.5, 0.6) is 11.5 Å². The van der Waals surface area contributed by atoms with Crippen molar-refractivity contribution >= 4 is 17.2 Å². The molecule has 184 valence electrons. The van der Waals surface area contributed by atoms with Crippen molar-refractivity contribution in [1.29, 1.82) is 0 Å². The fraction of sp³-hybridized carbons (Fsp3) is 0.160. The average molecular weight is 485 g/mol. The van der Waals surface area contributed by atoms with E-state index < -0.39 is 11.9 Å². The Balaban J connectivity index is 0.00000241. The Bertz CT molecular complexity index is 1340. The quantitative estimate of drug-likeness (QED) is 0.305. The summed E-state index contributed by atoms with van der Waals surface area (Å²) >= 11 is 0. The number of pyridine rings is 2. The zero-order chi connectivity index (χ0) is 25.0. The predicted molar refractivity (Wildman–Crippen MR) is 131 cm³/mol. The van der Waals surface area contributed by atoms with Crippen LogP contribution >= 0.6 is 0 Å². The van der Waals surface area contributed by atoms with Crippen LogP contribution in [0.3, 0.4) is 0 Å². The van der Waals surface area contributed by atoms with Crippen molar-refractivity contribution in [3.63, 3.8) is 0 Å². The van der Waals surface area contributed by atoms with E-state index in [0.717, 1.165) is 22.9 Å². The molecule has 0 aliphatic heterocycles. The lowest BCUT2D eigenvalue weighted by Crippen LogP contribution is -2.13. The number of hydrogen-bond donors (Lipinski definition) is 2. The topological polar surface area (TPSA) is 76.9 Å². The smallest absolute Gasteiger partial charge is 0.433 e. The van der Waals surface area contributed by atoms with Crippen LogP contribution < -0.4 is 15.4 Å². The van der Waals surface area contributed by atoms with Gasteiger partial charge in [-0.1, -0.05) is 24.8 Å². The van der Waals surface area contributed by atoms with Crippen molar-refractivity contribution < 1.29 is 20.8 Å². The highest BCUT2D eigenvalue weighted by Crippen LogP contribution is 2.31. The van der Waals surface area contributed by atoms with Crippen LogP contribution in [0, 0.1) is 6.92 Å². The number of aryl methyl sites for hydroxylation is 1. The second kappa shape index (κ2) is 9.88. The van der Waals surface area contributed by atoms with Crippen LogP contribution in [0.15, 0.2) is 73.8 Å². The largest absolute Gasteiger partial charge is 0.457 e. The molecular weight excluding hydrogens is 457 g/mol. The summed E-state index contributed by atoms with van der Waals surface area (Å²) in [6.45, 7) is 6.26. The van der Waals surface area contributed by atoms with Gasteiger partial charge in [-0.3, -0.25) is 9.67 Å². The Kier molecular flexibility index (Phi) is 6.72. The van der Waals surface area contributed by atoms with Gasteiger partial charge in [-0.05, 0) is 30.7 Å². The molecule has 3 aromatic heterocycles. The summed E-state index contributed by atoms with van der Waals surface area (Å²) in [5.41, 5.74) is 2.78. The molecule has 0 unspecified atom stereocenters. The summed E-state index contributed by atoms with van der Waals surface area (Å²) in [5.74, 6) is 1.85. The summed E-state index contributed by atoms with van der Waals surface area (Å²) in [6.07, 6.45) is 1.92. The number of aromatic nitrogens is 4. The summed E-state index contributed by atoms with van der Waals surface area (Å²) in [6, 6.07) is 11.5. The number of rotatable bonds is 8. The van der Waals surface area contributed by atoms with Gasteiger partial charge in [0.2, 0.25) is 0 Å². The van der Waals surface area contributed by atoms with E-state index in [4.69, 9.17) is 4.74 Å². The summed E-state index contributed by atoms with van der Waals surface area (Å²) in [4.78, 5) is 7.79. The fourth-order valence-corrected chi connectivity index (χ4v) is 3.36. The van der Waals surface area contributed by atoms with Gasteiger partial charge in [0.15, 0.2) is 0 Å². The molecule has 3 heterocycles. The lowest BCUT2D eigenvalue weighted by Gasteiger charge is -2.16. The Hall–Kier alpha value is -4.34. The van der Waals surface area contributed by atoms with Gasteiger partial charge in [-0.25, -0.2) is 4.98 Å². The van der Waals surface area contributed by atoms with Crippen molar-refractivity contribution in [2.24, 2.45) is 7.05 Å². The molecule has 0 amide bonds. The summed E-state index contributed by atoms with van der Waals surface area (Å²) in [7, 11) is 1.83. The van der Waals surface area contributed by atoms with Crippen molar-refractivity contribution in [2.75, 3.05) is 5.32 Å². The molecule has 2 N–H and O–H groups in total. The number of nitrogens with zero attached hydrogens (tertiary/aromatic N) is 4. The molecule has 0 radical (unpaired) electrons. The number of benzene rings is 1. The molecule has 35 heavy (non-hydrogen) atoms. The predicted octanol–water partition coefficient (Wildman–Crippen LogP) is 6.33. The van der Waals surface area contributed by atoms with Crippen molar-refractivity contribution in [3.8, 4) is 11.5 Å². The highest BCUT2D eigenvalue weighted by molar-refractivity contribution is 5.67. The zero-order valence-electron chi connectivity index (χ0n) is 19.1. The molecule has 0 aliphatic carbocycles. The van der Waals surface area contributed by atoms with Crippen molar-refractivity contribution in [2.45, 2.75) is 19.6 Å². The van der Waals surface area contributed by atoms with Gasteiger partial charge in [0.1, 0.15) is 23.0 Å². The maximum Gasteiger partial charge on any atom is 0.433 e. The number of anilines is 2. The van der Waals surface area contributed by atoms with Crippen LogP contribution in [0.4, 0.5) is 24.7 Å². The van der Waals surface area contributed by atoms with E-state index in [1.165, 1.54) is 12.3 Å². The Morgan fingerprint density at radius 1 is 1.14 bits per heavy atom. The van der Waals surface area contributed by atoms with E-state index in [-0.39, 0.29) is 9.40 Å². The molecule has 10 heteroatoms. The lowest BCUT2D eigenvalue weighted by atomic mass is 10.1. The standard InChI is InChI=1S/C25H23F3N6O.2H2/c1-16-21(17(2)30-12-18-7-8-23(31-13-18)25(26,27)28)5-4-6-22(16)35-20-9-10-29-24(11-20)33-19-14-32-34(3)15-19;;/h4-11,13-15,30H,2,12H2,1,3H3,(H,29,33);2*1H. The highest BCUT2D eigenvalue weighted by atomic mass is 19.4. The van der Waals surface area contributed by atoms with Crippen molar-refractivity contribution in [3.05, 3.63) is 96.2 Å². The fourth-order valence-electron chi connectivity index (χ4n) is 3.36. The Labute approximate surface area is 203 Å². The van der Waals surface area contributed by atoms with E-state index in [9.17, 15) is 13.2 Å². The molecule has 0 atom stereocenters. The monoisotopic (exact) mass is 484 g/mol. The number of ether oxygens (including phenoxy) is 1. The molecule has 0 bridgehead atoms. The van der Waals surface area contributed by atoms with Gasteiger partial charge in [0.05, 0.1) is 11.9 Å². The molecule has 0 spiro atoms. The van der Waals surface area contributed by atoms with Crippen molar-refractivity contribution in [1.82, 2.24) is 25.1 Å². The van der Waals surface area contributed by atoms with Crippen LogP contribution in [0.2, 0.25) is 0 Å². The maximum atomic E-state index is 12.7. The summed E-state index contributed by atoms with van der Waals surface area (Å²) < 4.78 is 45.9. The molecular formula is C25H27F3N6O. The van der Waals surface area contributed by atoms with Gasteiger partial charge < -0.3 is 15.4 Å². The maximum absolute atomic E-state index is 12.7. The first-order chi connectivity index (χ1) is 16.7. The third kappa shape index (κ3) is 5.97. The van der Waals surface area contributed by atoms with Crippen LogP contribution in [0.25, 0.3) is 5.70 Å². The van der Waals surface area contributed by atoms with E-state index in [0.29, 0.717) is 28.6 Å². The lowest BCUT2D eigenvalue weighted by molar-refractivity contribution is -0.141. The third-order valence-electron chi connectivity index (χ3n) is 5.17. The zero-order valence-corrected chi connectivity index (χ0v) is 19.1. The van der Waals surface area contributed by atoms with Gasteiger partial charge in [0.25, 0.3) is 0 Å². The molecule has 0 aliphatic rings. The van der Waals surface area contributed by atoms with Gasteiger partial charge in [-0.2, -0.15) is 18.3 Å². The van der Waals surface area contributed by atoms with E-state index in [1.54, 1.807) is 29.2 Å². The van der Waals surface area contributed by atoms with E-state index in [2.05, 4.69) is 32.3 Å². The number of hydrogen-bond acceptors (Lipinski definition) is 6.